The van der Waals surface area contributed by atoms with Crippen molar-refractivity contribution in [1.29, 1.82) is 0 Å². The van der Waals surface area contributed by atoms with E-state index in [1.807, 2.05) is 6.92 Å². The molecule has 3 N–H and O–H groups in total. The molecule has 0 aliphatic rings. The van der Waals surface area contributed by atoms with Crippen molar-refractivity contribution in [2.24, 2.45) is 11.1 Å². The van der Waals surface area contributed by atoms with Crippen LogP contribution in [0.15, 0.2) is 0 Å². The molecular formula is C13H28N2O2. The van der Waals surface area contributed by atoms with Gasteiger partial charge in [-0.1, -0.05) is 20.8 Å². The van der Waals surface area contributed by atoms with Crippen LogP contribution in [0.1, 0.15) is 47.0 Å². The third-order valence-electron chi connectivity index (χ3n) is 3.06. The van der Waals surface area contributed by atoms with Gasteiger partial charge in [0.2, 0.25) is 5.91 Å². The summed E-state index contributed by atoms with van der Waals surface area (Å²) in [6.45, 7) is 9.87. The highest BCUT2D eigenvalue weighted by Crippen LogP contribution is 2.18. The molecule has 0 saturated heterocycles. The Morgan fingerprint density at radius 2 is 1.76 bits per heavy atom. The largest absolute Gasteiger partial charge is 0.381 e. The third kappa shape index (κ3) is 7.34. The van der Waals surface area contributed by atoms with Crippen molar-refractivity contribution in [2.75, 3.05) is 20.3 Å². The highest BCUT2D eigenvalue weighted by atomic mass is 16.5. The first-order valence-electron chi connectivity index (χ1n) is 6.28. The van der Waals surface area contributed by atoms with Gasteiger partial charge in [-0.25, -0.2) is 0 Å². The van der Waals surface area contributed by atoms with E-state index in [-0.39, 0.29) is 5.91 Å². The first-order chi connectivity index (χ1) is 7.71. The zero-order chi connectivity index (χ0) is 13.5. The summed E-state index contributed by atoms with van der Waals surface area (Å²) in [5, 5.41) is 2.96. The van der Waals surface area contributed by atoms with Crippen LogP contribution in [0.5, 0.6) is 0 Å². The Morgan fingerprint density at radius 1 is 1.18 bits per heavy atom. The highest BCUT2D eigenvalue weighted by molar-refractivity contribution is 5.84. The smallest absolute Gasteiger partial charge is 0.237 e. The maximum Gasteiger partial charge on any atom is 0.237 e. The highest BCUT2D eigenvalue weighted by Gasteiger charge is 2.27. The average molecular weight is 244 g/mol. The van der Waals surface area contributed by atoms with Gasteiger partial charge in [-0.15, -0.1) is 0 Å². The molecule has 4 heteroatoms. The van der Waals surface area contributed by atoms with Crippen molar-refractivity contribution in [2.45, 2.75) is 52.5 Å². The molecule has 1 unspecified atom stereocenters. The fourth-order valence-corrected chi connectivity index (χ4v) is 1.38. The Balaban J connectivity index is 3.67. The van der Waals surface area contributed by atoms with E-state index in [9.17, 15) is 4.79 Å². The third-order valence-corrected chi connectivity index (χ3v) is 3.06. The van der Waals surface area contributed by atoms with Crippen molar-refractivity contribution in [3.63, 3.8) is 0 Å². The van der Waals surface area contributed by atoms with E-state index >= 15 is 0 Å². The molecule has 0 aliphatic heterocycles. The topological polar surface area (TPSA) is 64.3 Å². The molecule has 0 heterocycles. The predicted molar refractivity (Wildman–Crippen MR) is 70.8 cm³/mol. The number of nitrogens with one attached hydrogen (secondary N) is 1. The minimum Gasteiger partial charge on any atom is -0.381 e. The lowest BCUT2D eigenvalue weighted by Crippen LogP contribution is -2.51. The van der Waals surface area contributed by atoms with E-state index in [1.165, 1.54) is 0 Å². The van der Waals surface area contributed by atoms with Crippen LogP contribution in [-0.4, -0.2) is 31.7 Å². The fraction of sp³-hybridized carbons (Fsp3) is 0.923. The molecule has 4 nitrogen and oxygen atoms in total. The Labute approximate surface area is 105 Å². The maximum absolute atomic E-state index is 11.2. The summed E-state index contributed by atoms with van der Waals surface area (Å²) in [5.74, 6) is -0.310. The van der Waals surface area contributed by atoms with Crippen LogP contribution in [-0.2, 0) is 9.53 Å². The Kier molecular flexibility index (Phi) is 6.72. The van der Waals surface area contributed by atoms with Crippen molar-refractivity contribution in [1.82, 2.24) is 5.32 Å². The van der Waals surface area contributed by atoms with Crippen LogP contribution in [0.4, 0.5) is 0 Å². The van der Waals surface area contributed by atoms with E-state index in [2.05, 4.69) is 26.1 Å². The summed E-state index contributed by atoms with van der Waals surface area (Å²) in [6, 6.07) is 0. The SMILES string of the molecule is CNC(C)(CCCOCCC(C)(C)C)C(N)=O. The fourth-order valence-electron chi connectivity index (χ4n) is 1.38. The number of amides is 1. The molecule has 0 aromatic heterocycles. The quantitative estimate of drug-likeness (QED) is 0.639. The molecule has 0 radical (unpaired) electrons. The first-order valence-corrected chi connectivity index (χ1v) is 6.28. The molecule has 17 heavy (non-hydrogen) atoms. The number of ether oxygens (including phenoxy) is 1. The molecule has 102 valence electrons. The Hall–Kier alpha value is -0.610. The van der Waals surface area contributed by atoms with Gasteiger partial charge in [0.05, 0.1) is 5.54 Å². The molecule has 1 atom stereocenters. The summed E-state index contributed by atoms with van der Waals surface area (Å²) < 4.78 is 5.55. The second-order valence-electron chi connectivity index (χ2n) is 5.97. The van der Waals surface area contributed by atoms with Gasteiger partial charge in [0.15, 0.2) is 0 Å². The van der Waals surface area contributed by atoms with Gasteiger partial charge in [-0.3, -0.25) is 4.79 Å². The van der Waals surface area contributed by atoms with Crippen LogP contribution in [0, 0.1) is 5.41 Å². The first kappa shape index (κ1) is 16.4. The zero-order valence-electron chi connectivity index (χ0n) is 11.9. The summed E-state index contributed by atoms with van der Waals surface area (Å²) in [6.07, 6.45) is 2.59. The summed E-state index contributed by atoms with van der Waals surface area (Å²) in [4.78, 5) is 11.2. The van der Waals surface area contributed by atoms with Gasteiger partial charge in [0.25, 0.3) is 0 Å². The standard InChI is InChI=1S/C13H28N2O2/c1-12(2,3)8-10-17-9-6-7-13(4,15-5)11(14)16/h15H,6-10H2,1-5H3,(H2,14,16). The zero-order valence-corrected chi connectivity index (χ0v) is 11.9. The second kappa shape index (κ2) is 6.97. The lowest BCUT2D eigenvalue weighted by Gasteiger charge is -2.25. The maximum atomic E-state index is 11.2. The molecule has 0 bridgehead atoms. The van der Waals surface area contributed by atoms with Gasteiger partial charge >= 0.3 is 0 Å². The summed E-state index contributed by atoms with van der Waals surface area (Å²) in [5.41, 5.74) is 5.03. The minimum atomic E-state index is -0.618. The predicted octanol–water partition coefficient (Wildman–Crippen LogP) is 1.68. The molecule has 0 rings (SSSR count). The van der Waals surface area contributed by atoms with Crippen molar-refractivity contribution in [3.8, 4) is 0 Å². The van der Waals surface area contributed by atoms with Crippen LogP contribution in [0.2, 0.25) is 0 Å². The van der Waals surface area contributed by atoms with E-state index in [0.29, 0.717) is 18.4 Å². The van der Waals surface area contributed by atoms with Crippen LogP contribution >= 0.6 is 0 Å². The lowest BCUT2D eigenvalue weighted by atomic mass is 9.93. The molecule has 1 amide bonds. The van der Waals surface area contributed by atoms with E-state index in [1.54, 1.807) is 7.05 Å². The van der Waals surface area contributed by atoms with Crippen molar-refractivity contribution < 1.29 is 9.53 Å². The molecule has 0 aromatic carbocycles. The normalized spacial score (nSPS) is 15.6. The molecule has 0 saturated carbocycles. The number of carbonyl (C=O) groups is 1. The molecular weight excluding hydrogens is 216 g/mol. The van der Waals surface area contributed by atoms with Crippen LogP contribution < -0.4 is 11.1 Å². The van der Waals surface area contributed by atoms with Gasteiger partial charge in [-0.05, 0) is 38.6 Å². The number of hydrogen-bond acceptors (Lipinski definition) is 3. The van der Waals surface area contributed by atoms with E-state index in [0.717, 1.165) is 19.4 Å². The van der Waals surface area contributed by atoms with Crippen LogP contribution in [0.3, 0.4) is 0 Å². The summed E-state index contributed by atoms with van der Waals surface area (Å²) in [7, 11) is 1.76. The van der Waals surface area contributed by atoms with Gasteiger partial charge < -0.3 is 15.8 Å². The lowest BCUT2D eigenvalue weighted by molar-refractivity contribution is -0.124. The Morgan fingerprint density at radius 3 is 2.18 bits per heavy atom. The van der Waals surface area contributed by atoms with Crippen LogP contribution in [0.25, 0.3) is 0 Å². The van der Waals surface area contributed by atoms with Gasteiger partial charge in [0, 0.05) is 13.2 Å². The number of carbonyl (C=O) groups excluding carboxylic acids is 1. The minimum absolute atomic E-state index is 0.310. The number of hydrogen-bond donors (Lipinski definition) is 2. The van der Waals surface area contributed by atoms with Gasteiger partial charge in [-0.2, -0.15) is 0 Å². The molecule has 0 aliphatic carbocycles. The summed E-state index contributed by atoms with van der Waals surface area (Å²) >= 11 is 0. The number of primary amides is 1. The number of nitrogens with two attached hydrogens (primary N) is 1. The number of rotatable bonds is 8. The van der Waals surface area contributed by atoms with E-state index < -0.39 is 5.54 Å². The van der Waals surface area contributed by atoms with E-state index in [4.69, 9.17) is 10.5 Å². The van der Waals surface area contributed by atoms with Crippen molar-refractivity contribution >= 4 is 5.91 Å². The van der Waals surface area contributed by atoms with Crippen molar-refractivity contribution in [3.05, 3.63) is 0 Å². The second-order valence-corrected chi connectivity index (χ2v) is 5.97. The molecule has 0 fully saturated rings. The van der Waals surface area contributed by atoms with Gasteiger partial charge in [0.1, 0.15) is 0 Å². The Bertz CT molecular complexity index is 236. The molecule has 0 aromatic rings. The average Bonchev–Trinajstić information content (AvgIpc) is 2.21. The monoisotopic (exact) mass is 244 g/mol. The number of likely N-dealkylation sites (N-methyl/N-ethyl adjacent to an activating group) is 1. The molecule has 0 spiro atoms.